The van der Waals surface area contributed by atoms with Crippen molar-refractivity contribution >= 4 is 40.2 Å². The van der Waals surface area contributed by atoms with Gasteiger partial charge in [0.05, 0.1) is 34.1 Å². The molecule has 43 heavy (non-hydrogen) atoms. The van der Waals surface area contributed by atoms with E-state index >= 15 is 0 Å². The zero-order valence-corrected chi connectivity index (χ0v) is 26.4. The number of allylic oxidation sites excluding steroid dienone is 1. The van der Waals surface area contributed by atoms with Gasteiger partial charge in [-0.1, -0.05) is 25.1 Å². The molecule has 236 valence electrons. The van der Waals surface area contributed by atoms with E-state index in [9.17, 15) is 31.2 Å². The zero-order chi connectivity index (χ0) is 32.3. The molecular weight excluding hydrogens is 609 g/mol. The molecule has 2 aromatic rings. The van der Waals surface area contributed by atoms with Crippen LogP contribution in [0.2, 0.25) is 5.02 Å². The van der Waals surface area contributed by atoms with E-state index in [1.54, 1.807) is 25.7 Å². The highest BCUT2D eigenvalue weighted by molar-refractivity contribution is 7.91. The molecule has 1 amide bonds. The fourth-order valence-corrected chi connectivity index (χ4v) is 5.68. The Kier molecular flexibility index (Phi) is 10.6. The van der Waals surface area contributed by atoms with E-state index in [2.05, 4.69) is 11.6 Å². The van der Waals surface area contributed by atoms with Crippen LogP contribution >= 0.6 is 11.6 Å². The summed E-state index contributed by atoms with van der Waals surface area (Å²) in [5.41, 5.74) is -1.98. The van der Waals surface area contributed by atoms with Crippen molar-refractivity contribution in [1.29, 1.82) is 0 Å². The van der Waals surface area contributed by atoms with Crippen molar-refractivity contribution in [2.45, 2.75) is 57.8 Å². The number of hydrogen-bond acceptors (Lipinski definition) is 7. The minimum atomic E-state index is -4.63. The molecule has 3 rings (SSSR count). The van der Waals surface area contributed by atoms with Crippen LogP contribution in [0.4, 0.5) is 18.0 Å². The molecule has 1 aliphatic heterocycles. The van der Waals surface area contributed by atoms with Crippen molar-refractivity contribution in [3.63, 3.8) is 0 Å². The Labute approximate surface area is 253 Å². The number of carbonyl (C=O) groups is 1. The van der Waals surface area contributed by atoms with E-state index in [1.165, 1.54) is 36.1 Å². The number of halogens is 4. The summed E-state index contributed by atoms with van der Waals surface area (Å²) in [5.74, 6) is -0.160. The van der Waals surface area contributed by atoms with Crippen molar-refractivity contribution in [1.82, 2.24) is 19.4 Å². The van der Waals surface area contributed by atoms with Gasteiger partial charge in [0.15, 0.2) is 9.84 Å². The fourth-order valence-electron chi connectivity index (χ4n) is 4.37. The van der Waals surface area contributed by atoms with Crippen molar-refractivity contribution in [3.8, 4) is 0 Å². The largest absolute Gasteiger partial charge is 0.444 e. The predicted octanol–water partition coefficient (Wildman–Crippen LogP) is 3.36. The summed E-state index contributed by atoms with van der Waals surface area (Å²) in [6.07, 6.45) is -2.77. The quantitative estimate of drug-likeness (QED) is 0.456. The van der Waals surface area contributed by atoms with Crippen LogP contribution in [-0.2, 0) is 21.1 Å². The molecule has 0 aliphatic carbocycles. The molecule has 0 radical (unpaired) electrons. The first kappa shape index (κ1) is 34.3. The van der Waals surface area contributed by atoms with Crippen LogP contribution in [0.1, 0.15) is 40.2 Å². The molecule has 1 aromatic heterocycles. The highest BCUT2D eigenvalue weighted by Gasteiger charge is 2.33. The maximum absolute atomic E-state index is 13.8. The smallest absolute Gasteiger partial charge is 0.412 e. The molecule has 0 saturated carbocycles. The van der Waals surface area contributed by atoms with Gasteiger partial charge in [-0.2, -0.15) is 13.2 Å². The first-order valence-corrected chi connectivity index (χ1v) is 15.6. The zero-order valence-electron chi connectivity index (χ0n) is 24.8. The Hall–Kier alpha value is -3.16. The van der Waals surface area contributed by atoms with Crippen LogP contribution in [0.3, 0.4) is 0 Å². The molecule has 1 saturated heterocycles. The maximum Gasteiger partial charge on any atom is 0.412 e. The number of sulfone groups is 1. The summed E-state index contributed by atoms with van der Waals surface area (Å²) in [5, 5.41) is 0.0848. The number of amides is 1. The number of carbonyl (C=O) groups excluding carboxylic acids is 1. The molecule has 14 heteroatoms. The molecule has 1 fully saturated rings. The Morgan fingerprint density at radius 2 is 1.79 bits per heavy atom. The van der Waals surface area contributed by atoms with E-state index < -0.39 is 38.8 Å². The third kappa shape index (κ3) is 8.93. The van der Waals surface area contributed by atoms with Crippen LogP contribution in [0, 0.1) is 0 Å². The van der Waals surface area contributed by atoms with E-state index in [-0.39, 0.29) is 63.6 Å². The van der Waals surface area contributed by atoms with E-state index in [4.69, 9.17) is 16.3 Å². The minimum Gasteiger partial charge on any atom is -0.444 e. The Bertz CT molecular complexity index is 1670. The number of rotatable bonds is 7. The van der Waals surface area contributed by atoms with Gasteiger partial charge in [0.1, 0.15) is 5.60 Å². The fraction of sp³-hybridized carbons (Fsp3) is 0.483. The van der Waals surface area contributed by atoms with Gasteiger partial charge in [0.2, 0.25) is 0 Å². The molecule has 0 unspecified atom stereocenters. The van der Waals surface area contributed by atoms with Gasteiger partial charge in [-0.15, -0.1) is 0 Å². The summed E-state index contributed by atoms with van der Waals surface area (Å²) in [4.78, 5) is 33.1. The summed E-state index contributed by atoms with van der Waals surface area (Å²) in [7, 11) is -3.63. The average molecular weight is 645 g/mol. The lowest BCUT2D eigenvalue weighted by atomic mass is 10.1. The molecule has 0 N–H and O–H groups in total. The highest BCUT2D eigenvalue weighted by Crippen LogP contribution is 2.29. The SMILES string of the molecule is C=c1c(=O)n(Cc2cc(Cl)ccc2S(=O)(=O)CC)cn/c1=C/C(CN1CCN(C(=O)OC(C)(C)C)CC1)=C(\C)C(F)(F)F. The van der Waals surface area contributed by atoms with Gasteiger partial charge in [0, 0.05) is 43.3 Å². The molecule has 0 bridgehead atoms. The number of piperazine rings is 1. The summed E-state index contributed by atoms with van der Waals surface area (Å²) in [6.45, 7) is 12.4. The van der Waals surface area contributed by atoms with Crippen molar-refractivity contribution in [2.75, 3.05) is 38.5 Å². The molecule has 0 spiro atoms. The molecule has 9 nitrogen and oxygen atoms in total. The number of nitrogens with zero attached hydrogens (tertiary/aromatic N) is 4. The van der Waals surface area contributed by atoms with Gasteiger partial charge in [-0.3, -0.25) is 14.3 Å². The molecule has 0 atom stereocenters. The second-order valence-corrected chi connectivity index (χ2v) is 13.9. The van der Waals surface area contributed by atoms with Gasteiger partial charge >= 0.3 is 12.3 Å². The van der Waals surface area contributed by atoms with Gasteiger partial charge in [0.25, 0.3) is 5.56 Å². The standard InChI is InChI=1S/C29H36ClF3N4O5S/c1-7-43(40,41)25-9-8-23(30)14-22(25)17-37-18-34-24(19(2)26(37)38)15-21(20(3)29(31,32)33)16-35-10-12-36(13-11-35)27(39)42-28(4,5)6/h8-9,14-15,18H,2,7,10-13,16-17H2,1,3-6H3/b21-20-,24-15+. The predicted molar refractivity (Wildman–Crippen MR) is 159 cm³/mol. The number of ether oxygens (including phenoxy) is 1. The highest BCUT2D eigenvalue weighted by atomic mass is 35.5. The lowest BCUT2D eigenvalue weighted by Crippen LogP contribution is -2.50. The van der Waals surface area contributed by atoms with Gasteiger partial charge in [-0.25, -0.2) is 18.2 Å². The van der Waals surface area contributed by atoms with Crippen molar-refractivity contribution < 1.29 is 31.1 Å². The third-order valence-corrected chi connectivity index (χ3v) is 8.94. The van der Waals surface area contributed by atoms with Gasteiger partial charge in [-0.05, 0) is 63.1 Å². The first-order valence-electron chi connectivity index (χ1n) is 13.6. The summed E-state index contributed by atoms with van der Waals surface area (Å²) >= 11 is 6.08. The number of hydrogen-bond donors (Lipinski definition) is 0. The number of benzene rings is 1. The van der Waals surface area contributed by atoms with E-state index in [0.29, 0.717) is 13.1 Å². The van der Waals surface area contributed by atoms with Crippen molar-refractivity contribution in [3.05, 3.63) is 67.2 Å². The summed E-state index contributed by atoms with van der Waals surface area (Å²) < 4.78 is 73.2. The van der Waals surface area contributed by atoms with E-state index in [0.717, 1.165) is 17.8 Å². The molecular formula is C29H36ClF3N4O5S. The Morgan fingerprint density at radius 1 is 1.16 bits per heavy atom. The first-order chi connectivity index (χ1) is 19.8. The monoisotopic (exact) mass is 644 g/mol. The van der Waals surface area contributed by atoms with Crippen molar-refractivity contribution in [2.24, 2.45) is 0 Å². The second-order valence-electron chi connectivity index (χ2n) is 11.2. The average Bonchev–Trinajstić information content (AvgIpc) is 2.90. The van der Waals surface area contributed by atoms with Crippen LogP contribution in [0.25, 0.3) is 12.7 Å². The van der Waals surface area contributed by atoms with Gasteiger partial charge < -0.3 is 9.64 Å². The van der Waals surface area contributed by atoms with Crippen LogP contribution in [0.5, 0.6) is 0 Å². The maximum atomic E-state index is 13.8. The van der Waals surface area contributed by atoms with Crippen LogP contribution in [0.15, 0.2) is 45.4 Å². The third-order valence-electron chi connectivity index (χ3n) is 6.88. The van der Waals surface area contributed by atoms with E-state index in [1.807, 2.05) is 0 Å². The van der Waals surface area contributed by atoms with Crippen LogP contribution < -0.4 is 16.1 Å². The summed E-state index contributed by atoms with van der Waals surface area (Å²) in [6, 6.07) is 4.25. The molecule has 2 heterocycles. The Balaban J connectivity index is 1.93. The van der Waals surface area contributed by atoms with Crippen LogP contribution in [-0.4, -0.2) is 84.1 Å². The Morgan fingerprint density at radius 3 is 2.35 bits per heavy atom. The normalized spacial score (nSPS) is 16.3. The second kappa shape index (κ2) is 13.2. The number of alkyl halides is 3. The molecule has 1 aliphatic rings. The number of aromatic nitrogens is 2. The minimum absolute atomic E-state index is 0.0188. The lowest BCUT2D eigenvalue weighted by Gasteiger charge is -2.36. The topological polar surface area (TPSA) is 102 Å². The molecule has 1 aromatic carbocycles. The lowest BCUT2D eigenvalue weighted by molar-refractivity contribution is -0.0921.